The standard InChI is InChI=1S/C34H31N5O5/c1-21-6-2-4-8-28(21)39-34(44)37-26-14-10-22(11-15-26)18-31(40)38-30(19-24-20-35-29-9-5-3-7-27(24)29)32(41)36-25-16-12-23(13-17-25)33(42)43/h2-17,20,30,35H,18-19H2,1H3,(H,36,41)(H,38,40)(H,42,43)(H2,37,39,44)/t30-/m0/s1. The number of para-hydroxylation sites is 2. The second-order valence-electron chi connectivity index (χ2n) is 10.3. The summed E-state index contributed by atoms with van der Waals surface area (Å²) in [6.45, 7) is 1.91. The monoisotopic (exact) mass is 589 g/mol. The van der Waals surface area contributed by atoms with Gasteiger partial charge in [0.25, 0.3) is 0 Å². The SMILES string of the molecule is Cc1ccccc1NC(=O)Nc1ccc(CC(=O)N[C@@H](Cc2c[nH]c3ccccc23)C(=O)Nc2ccc(C(=O)O)cc2)cc1. The van der Waals surface area contributed by atoms with Gasteiger partial charge in [0.05, 0.1) is 12.0 Å². The molecule has 0 fully saturated rings. The fourth-order valence-electron chi connectivity index (χ4n) is 4.79. The molecule has 0 bridgehead atoms. The predicted octanol–water partition coefficient (Wildman–Crippen LogP) is 5.73. The molecule has 0 aliphatic heterocycles. The molecule has 0 aliphatic carbocycles. The molecule has 0 spiro atoms. The molecule has 10 heteroatoms. The number of aromatic nitrogens is 1. The largest absolute Gasteiger partial charge is 0.478 e. The van der Waals surface area contributed by atoms with Gasteiger partial charge in [-0.2, -0.15) is 0 Å². The van der Waals surface area contributed by atoms with Crippen LogP contribution < -0.4 is 21.3 Å². The Hall–Kier alpha value is -5.90. The van der Waals surface area contributed by atoms with E-state index >= 15 is 0 Å². The van der Waals surface area contributed by atoms with Crippen LogP contribution in [0.1, 0.15) is 27.0 Å². The number of H-pyrrole nitrogens is 1. The van der Waals surface area contributed by atoms with Gasteiger partial charge in [-0.3, -0.25) is 9.59 Å². The first-order valence-corrected chi connectivity index (χ1v) is 14.0. The quantitative estimate of drug-likeness (QED) is 0.123. The molecular formula is C34H31N5O5. The van der Waals surface area contributed by atoms with Crippen molar-refractivity contribution in [1.82, 2.24) is 10.3 Å². The third kappa shape index (κ3) is 7.48. The number of nitrogens with one attached hydrogen (secondary N) is 5. The molecule has 0 radical (unpaired) electrons. The fourth-order valence-corrected chi connectivity index (χ4v) is 4.79. The second-order valence-corrected chi connectivity index (χ2v) is 10.3. The zero-order chi connectivity index (χ0) is 31.1. The van der Waals surface area contributed by atoms with Crippen LogP contribution in [0.25, 0.3) is 10.9 Å². The van der Waals surface area contributed by atoms with Crippen molar-refractivity contribution in [3.05, 3.63) is 126 Å². The van der Waals surface area contributed by atoms with Crippen LogP contribution in [0.4, 0.5) is 21.9 Å². The highest BCUT2D eigenvalue weighted by atomic mass is 16.4. The Balaban J connectivity index is 1.24. The summed E-state index contributed by atoms with van der Waals surface area (Å²) in [4.78, 5) is 53.3. The number of amides is 4. The number of rotatable bonds is 10. The van der Waals surface area contributed by atoms with Gasteiger partial charge in [0, 0.05) is 40.6 Å². The molecule has 0 saturated heterocycles. The number of carboxylic acids is 1. The minimum Gasteiger partial charge on any atom is -0.478 e. The Bertz CT molecular complexity index is 1810. The lowest BCUT2D eigenvalue weighted by atomic mass is 10.0. The lowest BCUT2D eigenvalue weighted by Gasteiger charge is -2.19. The molecule has 5 rings (SSSR count). The van der Waals surface area contributed by atoms with Crippen molar-refractivity contribution in [2.75, 3.05) is 16.0 Å². The third-order valence-electron chi connectivity index (χ3n) is 7.12. The molecule has 4 amide bonds. The lowest BCUT2D eigenvalue weighted by molar-refractivity contribution is -0.126. The number of hydrogen-bond acceptors (Lipinski definition) is 4. The highest BCUT2D eigenvalue weighted by molar-refractivity contribution is 6.00. The van der Waals surface area contributed by atoms with E-state index in [1.807, 2.05) is 61.7 Å². The summed E-state index contributed by atoms with van der Waals surface area (Å²) < 4.78 is 0. The van der Waals surface area contributed by atoms with E-state index in [9.17, 15) is 19.2 Å². The molecule has 222 valence electrons. The summed E-state index contributed by atoms with van der Waals surface area (Å²) in [7, 11) is 0. The number of anilines is 3. The Kier molecular flexibility index (Phi) is 9.00. The average molecular weight is 590 g/mol. The Labute approximate surface area is 253 Å². The van der Waals surface area contributed by atoms with Gasteiger partial charge in [0.15, 0.2) is 0 Å². The van der Waals surface area contributed by atoms with E-state index in [4.69, 9.17) is 5.11 Å². The molecule has 1 atom stereocenters. The zero-order valence-electron chi connectivity index (χ0n) is 23.9. The first kappa shape index (κ1) is 29.6. The number of fused-ring (bicyclic) bond motifs is 1. The molecule has 4 aromatic carbocycles. The molecule has 6 N–H and O–H groups in total. The van der Waals surface area contributed by atoms with Gasteiger partial charge in [-0.05, 0) is 72.1 Å². The molecule has 0 saturated carbocycles. The molecular weight excluding hydrogens is 558 g/mol. The van der Waals surface area contributed by atoms with Crippen molar-refractivity contribution >= 4 is 51.8 Å². The topological polar surface area (TPSA) is 152 Å². The van der Waals surface area contributed by atoms with Gasteiger partial charge < -0.3 is 31.4 Å². The Morgan fingerprint density at radius 2 is 1.43 bits per heavy atom. The summed E-state index contributed by atoms with van der Waals surface area (Å²) in [5.74, 6) is -1.86. The van der Waals surface area contributed by atoms with E-state index in [-0.39, 0.29) is 30.3 Å². The smallest absolute Gasteiger partial charge is 0.335 e. The molecule has 1 aromatic heterocycles. The van der Waals surface area contributed by atoms with Crippen molar-refractivity contribution in [2.45, 2.75) is 25.8 Å². The van der Waals surface area contributed by atoms with Crippen LogP contribution in [0.3, 0.4) is 0 Å². The molecule has 1 heterocycles. The van der Waals surface area contributed by atoms with E-state index in [1.165, 1.54) is 24.3 Å². The number of aryl methyl sites for hydroxylation is 1. The van der Waals surface area contributed by atoms with Gasteiger partial charge in [-0.1, -0.05) is 48.5 Å². The van der Waals surface area contributed by atoms with Gasteiger partial charge in [-0.25, -0.2) is 9.59 Å². The van der Waals surface area contributed by atoms with Crippen molar-refractivity contribution in [3.8, 4) is 0 Å². The predicted molar refractivity (Wildman–Crippen MR) is 170 cm³/mol. The zero-order valence-corrected chi connectivity index (χ0v) is 23.9. The minimum atomic E-state index is -1.07. The van der Waals surface area contributed by atoms with Crippen LogP contribution >= 0.6 is 0 Å². The first-order chi connectivity index (χ1) is 21.2. The normalized spacial score (nSPS) is 11.4. The maximum Gasteiger partial charge on any atom is 0.335 e. The number of carboxylic acid groups (broad SMARTS) is 1. The highest BCUT2D eigenvalue weighted by Crippen LogP contribution is 2.20. The summed E-state index contributed by atoms with van der Waals surface area (Å²) >= 11 is 0. The van der Waals surface area contributed by atoms with E-state index < -0.39 is 17.9 Å². The number of hydrogen-bond donors (Lipinski definition) is 6. The van der Waals surface area contributed by atoms with E-state index in [0.717, 1.165) is 22.0 Å². The minimum absolute atomic E-state index is 0.0145. The molecule has 5 aromatic rings. The van der Waals surface area contributed by atoms with Crippen LogP contribution in [0.15, 0.2) is 103 Å². The number of carbonyl (C=O) groups excluding carboxylic acids is 3. The van der Waals surface area contributed by atoms with E-state index in [2.05, 4.69) is 26.3 Å². The fraction of sp³-hybridized carbons (Fsp3) is 0.118. The summed E-state index contributed by atoms with van der Waals surface area (Å²) in [5, 5.41) is 21.3. The van der Waals surface area contributed by atoms with Gasteiger partial charge in [0.1, 0.15) is 6.04 Å². The van der Waals surface area contributed by atoms with E-state index in [0.29, 0.717) is 22.6 Å². The summed E-state index contributed by atoms with van der Waals surface area (Å²) in [6.07, 6.45) is 2.06. The summed E-state index contributed by atoms with van der Waals surface area (Å²) in [6, 6.07) is 26.5. The number of carbonyl (C=O) groups is 4. The maximum absolute atomic E-state index is 13.4. The highest BCUT2D eigenvalue weighted by Gasteiger charge is 2.23. The lowest BCUT2D eigenvalue weighted by Crippen LogP contribution is -2.45. The van der Waals surface area contributed by atoms with Crippen molar-refractivity contribution in [1.29, 1.82) is 0 Å². The second kappa shape index (κ2) is 13.4. The van der Waals surface area contributed by atoms with Gasteiger partial charge in [0.2, 0.25) is 11.8 Å². The van der Waals surface area contributed by atoms with Crippen LogP contribution in [0.2, 0.25) is 0 Å². The first-order valence-electron chi connectivity index (χ1n) is 14.0. The molecule has 0 unspecified atom stereocenters. The number of aromatic amines is 1. The summed E-state index contributed by atoms with van der Waals surface area (Å²) in [5.41, 5.74) is 5.19. The number of aromatic carboxylic acids is 1. The van der Waals surface area contributed by atoms with Crippen LogP contribution in [-0.4, -0.2) is 39.9 Å². The Morgan fingerprint density at radius 1 is 0.773 bits per heavy atom. The molecule has 44 heavy (non-hydrogen) atoms. The number of benzene rings is 4. The maximum atomic E-state index is 13.4. The number of urea groups is 1. The van der Waals surface area contributed by atoms with Crippen LogP contribution in [0, 0.1) is 6.92 Å². The van der Waals surface area contributed by atoms with Gasteiger partial charge in [-0.15, -0.1) is 0 Å². The molecule has 0 aliphatic rings. The van der Waals surface area contributed by atoms with Crippen LogP contribution in [0.5, 0.6) is 0 Å². The Morgan fingerprint density at radius 3 is 2.16 bits per heavy atom. The average Bonchev–Trinajstić information content (AvgIpc) is 3.42. The van der Waals surface area contributed by atoms with Gasteiger partial charge >= 0.3 is 12.0 Å². The van der Waals surface area contributed by atoms with Crippen molar-refractivity contribution < 1.29 is 24.3 Å². The van der Waals surface area contributed by atoms with E-state index in [1.54, 1.807) is 24.3 Å². The van der Waals surface area contributed by atoms with Crippen molar-refractivity contribution in [3.63, 3.8) is 0 Å². The third-order valence-corrected chi connectivity index (χ3v) is 7.12. The van der Waals surface area contributed by atoms with Crippen molar-refractivity contribution in [2.24, 2.45) is 0 Å². The van der Waals surface area contributed by atoms with Crippen LogP contribution in [-0.2, 0) is 22.4 Å². The molecule has 10 nitrogen and oxygen atoms in total.